The summed E-state index contributed by atoms with van der Waals surface area (Å²) in [6.07, 6.45) is 3.80. The van der Waals surface area contributed by atoms with E-state index in [9.17, 15) is 0 Å². The summed E-state index contributed by atoms with van der Waals surface area (Å²) in [6.45, 7) is 2.80. The molecule has 1 aliphatic rings. The van der Waals surface area contributed by atoms with E-state index in [1.165, 1.54) is 16.1 Å². The number of fused-ring (bicyclic) bond motifs is 2. The third kappa shape index (κ3) is 2.59. The largest absolute Gasteiger partial charge is 0.497 e. The number of pyridine rings is 1. The van der Waals surface area contributed by atoms with Gasteiger partial charge in [-0.25, -0.2) is 4.98 Å². The van der Waals surface area contributed by atoms with E-state index in [2.05, 4.69) is 34.0 Å². The van der Waals surface area contributed by atoms with Crippen LogP contribution in [0.4, 0.5) is 11.4 Å². The van der Waals surface area contributed by atoms with Gasteiger partial charge in [0.2, 0.25) is 0 Å². The molecule has 2 aromatic heterocycles. The van der Waals surface area contributed by atoms with Gasteiger partial charge in [-0.05, 0) is 24.3 Å². The highest BCUT2D eigenvalue weighted by Crippen LogP contribution is 2.33. The average molecular weight is 326 g/mol. The van der Waals surface area contributed by atoms with Crippen LogP contribution in [0.3, 0.4) is 0 Å². The van der Waals surface area contributed by atoms with Gasteiger partial charge < -0.3 is 14.5 Å². The van der Waals surface area contributed by atoms with Crippen molar-refractivity contribution in [2.75, 3.05) is 37.0 Å². The lowest BCUT2D eigenvalue weighted by Crippen LogP contribution is -2.38. The standard InChI is InChI=1S/C17H18N4OS/c1-20-7-8-21(15-10-18-6-5-14(15)20)11-17-19-13-4-3-12(22-2)9-16(13)23-17/h3-6,9-10H,7-8,11H2,1-2H3. The van der Waals surface area contributed by atoms with Crippen LogP contribution in [0, 0.1) is 0 Å². The molecule has 6 heteroatoms. The van der Waals surface area contributed by atoms with Gasteiger partial charge in [0.15, 0.2) is 0 Å². The normalized spacial score (nSPS) is 14.2. The van der Waals surface area contributed by atoms with Crippen LogP contribution < -0.4 is 14.5 Å². The van der Waals surface area contributed by atoms with E-state index < -0.39 is 0 Å². The topological polar surface area (TPSA) is 41.5 Å². The second-order valence-corrected chi connectivity index (χ2v) is 6.76. The molecule has 3 aromatic rings. The van der Waals surface area contributed by atoms with Crippen molar-refractivity contribution >= 4 is 32.9 Å². The van der Waals surface area contributed by atoms with E-state index in [0.717, 1.165) is 35.9 Å². The van der Waals surface area contributed by atoms with Crippen LogP contribution in [0.2, 0.25) is 0 Å². The molecule has 0 saturated heterocycles. The Hall–Kier alpha value is -2.34. The minimum absolute atomic E-state index is 0.814. The first-order valence-corrected chi connectivity index (χ1v) is 8.40. The Morgan fingerprint density at radius 2 is 2.13 bits per heavy atom. The smallest absolute Gasteiger partial charge is 0.120 e. The molecule has 118 valence electrons. The van der Waals surface area contributed by atoms with Crippen molar-refractivity contribution in [3.05, 3.63) is 41.7 Å². The zero-order valence-corrected chi connectivity index (χ0v) is 14.0. The maximum atomic E-state index is 5.29. The highest BCUT2D eigenvalue weighted by atomic mass is 32.1. The molecule has 0 atom stereocenters. The molecule has 23 heavy (non-hydrogen) atoms. The lowest BCUT2D eigenvalue weighted by atomic mass is 10.2. The van der Waals surface area contributed by atoms with Crippen molar-refractivity contribution in [2.45, 2.75) is 6.54 Å². The molecule has 3 heterocycles. The van der Waals surface area contributed by atoms with Crippen molar-refractivity contribution in [2.24, 2.45) is 0 Å². The van der Waals surface area contributed by atoms with Gasteiger partial charge in [-0.1, -0.05) is 0 Å². The van der Waals surface area contributed by atoms with Gasteiger partial charge in [0.1, 0.15) is 10.8 Å². The Kier molecular flexibility index (Phi) is 3.53. The number of methoxy groups -OCH3 is 1. The highest BCUT2D eigenvalue weighted by molar-refractivity contribution is 7.18. The van der Waals surface area contributed by atoms with Gasteiger partial charge in [0, 0.05) is 26.3 Å². The number of anilines is 2. The number of rotatable bonds is 3. The van der Waals surface area contributed by atoms with Crippen molar-refractivity contribution in [1.82, 2.24) is 9.97 Å². The fourth-order valence-electron chi connectivity index (χ4n) is 2.93. The molecule has 0 unspecified atom stereocenters. The number of hydrogen-bond donors (Lipinski definition) is 0. The quantitative estimate of drug-likeness (QED) is 0.739. The molecule has 4 rings (SSSR count). The molecule has 1 aromatic carbocycles. The third-order valence-corrected chi connectivity index (χ3v) is 5.20. The van der Waals surface area contributed by atoms with E-state index in [-0.39, 0.29) is 0 Å². The maximum absolute atomic E-state index is 5.29. The van der Waals surface area contributed by atoms with Crippen LogP contribution in [-0.2, 0) is 6.54 Å². The Morgan fingerprint density at radius 1 is 1.22 bits per heavy atom. The number of hydrogen-bond acceptors (Lipinski definition) is 6. The van der Waals surface area contributed by atoms with Gasteiger partial charge in [-0.15, -0.1) is 11.3 Å². The van der Waals surface area contributed by atoms with Crippen LogP contribution in [0.1, 0.15) is 5.01 Å². The van der Waals surface area contributed by atoms with Gasteiger partial charge in [-0.2, -0.15) is 0 Å². The van der Waals surface area contributed by atoms with Crippen LogP contribution in [-0.4, -0.2) is 37.2 Å². The molecule has 0 N–H and O–H groups in total. The second-order valence-electron chi connectivity index (χ2n) is 5.65. The summed E-state index contributed by atoms with van der Waals surface area (Å²) < 4.78 is 6.46. The predicted octanol–water partition coefficient (Wildman–Crippen LogP) is 3.16. The third-order valence-electron chi connectivity index (χ3n) is 4.20. The SMILES string of the molecule is COc1ccc2nc(CN3CCN(C)c4ccncc43)sc2c1. The molecular formula is C17H18N4OS. The fraction of sp³-hybridized carbons (Fsp3) is 0.294. The second kappa shape index (κ2) is 5.70. The minimum Gasteiger partial charge on any atom is -0.497 e. The monoisotopic (exact) mass is 326 g/mol. The van der Waals surface area contributed by atoms with Crippen molar-refractivity contribution in [3.8, 4) is 5.75 Å². The molecule has 5 nitrogen and oxygen atoms in total. The molecule has 0 bridgehead atoms. The molecule has 0 amide bonds. The lowest BCUT2D eigenvalue weighted by molar-refractivity contribution is 0.415. The van der Waals surface area contributed by atoms with Gasteiger partial charge >= 0.3 is 0 Å². The average Bonchev–Trinajstić information content (AvgIpc) is 2.99. The summed E-state index contributed by atoms with van der Waals surface area (Å²) in [5.74, 6) is 0.877. The molecule has 0 aliphatic carbocycles. The number of nitrogens with zero attached hydrogens (tertiary/aromatic N) is 4. The van der Waals surface area contributed by atoms with Gasteiger partial charge in [-0.3, -0.25) is 4.98 Å². The molecule has 0 saturated carbocycles. The minimum atomic E-state index is 0.814. The van der Waals surface area contributed by atoms with Crippen LogP contribution in [0.15, 0.2) is 36.7 Å². The van der Waals surface area contributed by atoms with E-state index >= 15 is 0 Å². The summed E-state index contributed by atoms with van der Waals surface area (Å²) >= 11 is 1.73. The summed E-state index contributed by atoms with van der Waals surface area (Å²) in [4.78, 5) is 13.7. The molecule has 0 spiro atoms. The molecular weight excluding hydrogens is 308 g/mol. The number of likely N-dealkylation sites (N-methyl/N-ethyl adjacent to an activating group) is 1. The first kappa shape index (κ1) is 14.3. The van der Waals surface area contributed by atoms with Crippen molar-refractivity contribution < 1.29 is 4.74 Å². The van der Waals surface area contributed by atoms with Gasteiger partial charge in [0.25, 0.3) is 0 Å². The Labute approximate surface area is 139 Å². The van der Waals surface area contributed by atoms with Crippen LogP contribution in [0.5, 0.6) is 5.75 Å². The zero-order chi connectivity index (χ0) is 15.8. The maximum Gasteiger partial charge on any atom is 0.120 e. The lowest BCUT2D eigenvalue weighted by Gasteiger charge is -2.36. The number of aromatic nitrogens is 2. The van der Waals surface area contributed by atoms with Crippen molar-refractivity contribution in [3.63, 3.8) is 0 Å². The first-order valence-electron chi connectivity index (χ1n) is 7.58. The summed E-state index contributed by atoms with van der Waals surface area (Å²) in [5.41, 5.74) is 3.44. The number of ether oxygens (including phenoxy) is 1. The van der Waals surface area contributed by atoms with E-state index in [4.69, 9.17) is 9.72 Å². The summed E-state index contributed by atoms with van der Waals surface area (Å²) in [5, 5.41) is 1.12. The summed E-state index contributed by atoms with van der Waals surface area (Å²) in [7, 11) is 3.82. The van der Waals surface area contributed by atoms with Crippen molar-refractivity contribution in [1.29, 1.82) is 0 Å². The fourth-order valence-corrected chi connectivity index (χ4v) is 3.94. The van der Waals surface area contributed by atoms with Crippen LogP contribution >= 0.6 is 11.3 Å². The van der Waals surface area contributed by atoms with Crippen LogP contribution in [0.25, 0.3) is 10.2 Å². The first-order chi connectivity index (χ1) is 11.2. The van der Waals surface area contributed by atoms with E-state index in [0.29, 0.717) is 0 Å². The Bertz CT molecular complexity index is 847. The Morgan fingerprint density at radius 3 is 3.00 bits per heavy atom. The summed E-state index contributed by atoms with van der Waals surface area (Å²) in [6, 6.07) is 8.11. The van der Waals surface area contributed by atoms with E-state index in [1.54, 1.807) is 18.4 Å². The number of benzene rings is 1. The molecule has 0 fully saturated rings. The highest BCUT2D eigenvalue weighted by Gasteiger charge is 2.21. The number of thiazole rings is 1. The van der Waals surface area contributed by atoms with Gasteiger partial charge in [0.05, 0.1) is 41.4 Å². The molecule has 1 aliphatic heterocycles. The zero-order valence-electron chi connectivity index (χ0n) is 13.2. The van der Waals surface area contributed by atoms with E-state index in [1.807, 2.05) is 24.5 Å². The Balaban J connectivity index is 1.64. The molecule has 0 radical (unpaired) electrons. The predicted molar refractivity (Wildman–Crippen MR) is 94.7 cm³/mol.